The lowest BCUT2D eigenvalue weighted by molar-refractivity contribution is 0.308. The number of pyridine rings is 1. The molecule has 0 spiro atoms. The largest absolute Gasteiger partial charge is 0.487 e. The second-order valence-electron chi connectivity index (χ2n) is 6.99. The number of nitriles is 1. The van der Waals surface area contributed by atoms with Crippen LogP contribution in [-0.2, 0) is 13.2 Å². The van der Waals surface area contributed by atoms with Crippen molar-refractivity contribution in [1.29, 1.82) is 5.26 Å². The molecule has 5 heteroatoms. The van der Waals surface area contributed by atoms with Crippen LogP contribution in [-0.4, -0.2) is 9.55 Å². The van der Waals surface area contributed by atoms with Crippen LogP contribution in [0.4, 0.5) is 0 Å². The Balaban J connectivity index is 1.75. The summed E-state index contributed by atoms with van der Waals surface area (Å²) in [4.78, 5) is 4.59. The normalized spacial score (nSPS) is 10.8. The van der Waals surface area contributed by atoms with Gasteiger partial charge in [-0.3, -0.25) is 4.98 Å². The maximum atomic E-state index is 9.46. The van der Waals surface area contributed by atoms with Crippen LogP contribution >= 0.6 is 11.6 Å². The zero-order valence-corrected chi connectivity index (χ0v) is 17.1. The van der Waals surface area contributed by atoms with Gasteiger partial charge in [-0.05, 0) is 48.7 Å². The SMILES string of the molecule is Cc1c(C)n(Cc2ccccc2C#N)c2c(OCc3ccc(Cl)cc3)ccnc12. The van der Waals surface area contributed by atoms with Gasteiger partial charge < -0.3 is 9.30 Å². The predicted molar refractivity (Wildman–Crippen MR) is 115 cm³/mol. The topological polar surface area (TPSA) is 50.8 Å². The fourth-order valence-corrected chi connectivity index (χ4v) is 3.63. The number of ether oxygens (including phenoxy) is 1. The Bertz CT molecular complexity index is 1220. The third-order valence-corrected chi connectivity index (χ3v) is 5.49. The van der Waals surface area contributed by atoms with E-state index in [1.165, 1.54) is 0 Å². The van der Waals surface area contributed by atoms with E-state index in [-0.39, 0.29) is 0 Å². The summed E-state index contributed by atoms with van der Waals surface area (Å²) in [5, 5.41) is 10.2. The number of fused-ring (bicyclic) bond motifs is 1. The molecule has 4 nitrogen and oxygen atoms in total. The average Bonchev–Trinajstić information content (AvgIpc) is 2.99. The van der Waals surface area contributed by atoms with Crippen molar-refractivity contribution in [3.05, 3.63) is 93.8 Å². The molecule has 2 heterocycles. The van der Waals surface area contributed by atoms with Crippen LogP contribution in [0.3, 0.4) is 0 Å². The van der Waals surface area contributed by atoms with E-state index < -0.39 is 0 Å². The van der Waals surface area contributed by atoms with Crippen molar-refractivity contribution >= 4 is 22.6 Å². The smallest absolute Gasteiger partial charge is 0.147 e. The third-order valence-electron chi connectivity index (χ3n) is 5.23. The summed E-state index contributed by atoms with van der Waals surface area (Å²) < 4.78 is 8.37. The van der Waals surface area contributed by atoms with Crippen molar-refractivity contribution in [3.63, 3.8) is 0 Å². The number of rotatable bonds is 5. The summed E-state index contributed by atoms with van der Waals surface area (Å²) in [6.07, 6.45) is 1.78. The molecule has 0 bridgehead atoms. The minimum absolute atomic E-state index is 0.439. The third kappa shape index (κ3) is 3.70. The van der Waals surface area contributed by atoms with Crippen molar-refractivity contribution in [2.45, 2.75) is 27.0 Å². The zero-order valence-electron chi connectivity index (χ0n) is 16.3. The molecule has 0 saturated heterocycles. The van der Waals surface area contributed by atoms with E-state index in [2.05, 4.69) is 29.5 Å². The van der Waals surface area contributed by atoms with E-state index in [0.29, 0.717) is 23.7 Å². The lowest BCUT2D eigenvalue weighted by Crippen LogP contribution is -2.05. The van der Waals surface area contributed by atoms with Crippen molar-refractivity contribution in [2.24, 2.45) is 0 Å². The first-order chi connectivity index (χ1) is 14.1. The second-order valence-corrected chi connectivity index (χ2v) is 7.42. The summed E-state index contributed by atoms with van der Waals surface area (Å²) in [5.41, 5.74) is 6.80. The van der Waals surface area contributed by atoms with Crippen LogP contribution in [0.5, 0.6) is 5.75 Å². The van der Waals surface area contributed by atoms with E-state index in [9.17, 15) is 5.26 Å². The number of aryl methyl sites for hydroxylation is 1. The molecule has 0 unspecified atom stereocenters. The Morgan fingerprint density at radius 1 is 1.07 bits per heavy atom. The number of benzene rings is 2. The maximum Gasteiger partial charge on any atom is 0.147 e. The van der Waals surface area contributed by atoms with Crippen LogP contribution < -0.4 is 4.74 Å². The van der Waals surface area contributed by atoms with Gasteiger partial charge in [0.15, 0.2) is 0 Å². The van der Waals surface area contributed by atoms with Gasteiger partial charge >= 0.3 is 0 Å². The molecule has 0 radical (unpaired) electrons. The fourth-order valence-electron chi connectivity index (χ4n) is 3.51. The van der Waals surface area contributed by atoms with Gasteiger partial charge in [-0.15, -0.1) is 0 Å². The van der Waals surface area contributed by atoms with Gasteiger partial charge in [0.2, 0.25) is 0 Å². The van der Waals surface area contributed by atoms with E-state index >= 15 is 0 Å². The monoisotopic (exact) mass is 401 g/mol. The van der Waals surface area contributed by atoms with Gasteiger partial charge in [-0.2, -0.15) is 5.26 Å². The summed E-state index contributed by atoms with van der Waals surface area (Å²) >= 11 is 5.97. The molecule has 2 aromatic heterocycles. The second kappa shape index (κ2) is 7.98. The number of aromatic nitrogens is 2. The van der Waals surface area contributed by atoms with Gasteiger partial charge in [0, 0.05) is 29.5 Å². The Hall–Kier alpha value is -3.29. The molecule has 0 aliphatic heterocycles. The quantitative estimate of drug-likeness (QED) is 0.424. The van der Waals surface area contributed by atoms with Crippen LogP contribution in [0.2, 0.25) is 5.02 Å². The van der Waals surface area contributed by atoms with Gasteiger partial charge in [0.05, 0.1) is 17.1 Å². The van der Waals surface area contributed by atoms with Gasteiger partial charge in [0.25, 0.3) is 0 Å². The molecule has 0 N–H and O–H groups in total. The van der Waals surface area contributed by atoms with E-state index in [0.717, 1.165) is 39.2 Å². The molecule has 2 aromatic carbocycles. The average molecular weight is 402 g/mol. The molecular formula is C24H20ClN3O. The number of hydrogen-bond donors (Lipinski definition) is 0. The van der Waals surface area contributed by atoms with Crippen molar-refractivity contribution in [3.8, 4) is 11.8 Å². The molecule has 4 aromatic rings. The molecule has 4 rings (SSSR count). The first-order valence-electron chi connectivity index (χ1n) is 9.38. The van der Waals surface area contributed by atoms with Gasteiger partial charge in [0.1, 0.15) is 17.9 Å². The number of nitrogens with zero attached hydrogens (tertiary/aromatic N) is 3. The Labute approximate surface area is 175 Å². The van der Waals surface area contributed by atoms with Gasteiger partial charge in [-0.25, -0.2) is 0 Å². The highest BCUT2D eigenvalue weighted by molar-refractivity contribution is 6.30. The minimum Gasteiger partial charge on any atom is -0.487 e. The molecule has 0 fully saturated rings. The molecule has 0 saturated carbocycles. The van der Waals surface area contributed by atoms with Gasteiger partial charge in [-0.1, -0.05) is 41.9 Å². The zero-order chi connectivity index (χ0) is 20.4. The van der Waals surface area contributed by atoms with E-state index in [4.69, 9.17) is 16.3 Å². The number of halogens is 1. The molecule has 0 aliphatic carbocycles. The van der Waals surface area contributed by atoms with E-state index in [1.807, 2.05) is 54.6 Å². The minimum atomic E-state index is 0.439. The molecule has 0 atom stereocenters. The lowest BCUT2D eigenvalue weighted by atomic mass is 10.1. The first kappa shape index (κ1) is 19.0. The summed E-state index contributed by atoms with van der Waals surface area (Å²) in [6.45, 7) is 5.17. The highest BCUT2D eigenvalue weighted by Crippen LogP contribution is 2.32. The summed E-state index contributed by atoms with van der Waals surface area (Å²) in [5.74, 6) is 0.774. The predicted octanol–water partition coefficient (Wildman–Crippen LogP) is 5.81. The van der Waals surface area contributed by atoms with E-state index in [1.54, 1.807) is 6.20 Å². The molecule has 0 aliphatic rings. The Morgan fingerprint density at radius 3 is 2.59 bits per heavy atom. The molecule has 144 valence electrons. The Morgan fingerprint density at radius 2 is 1.83 bits per heavy atom. The highest BCUT2D eigenvalue weighted by atomic mass is 35.5. The van der Waals surface area contributed by atoms with Crippen LogP contribution in [0.1, 0.15) is 27.9 Å². The van der Waals surface area contributed by atoms with Crippen LogP contribution in [0, 0.1) is 25.2 Å². The lowest BCUT2D eigenvalue weighted by Gasteiger charge is -2.13. The maximum absolute atomic E-state index is 9.46. The molecule has 0 amide bonds. The molecule has 29 heavy (non-hydrogen) atoms. The van der Waals surface area contributed by atoms with Crippen molar-refractivity contribution < 1.29 is 4.74 Å². The Kier molecular flexibility index (Phi) is 5.24. The standard InChI is InChI=1S/C24H20ClN3O/c1-16-17(2)28(14-20-6-4-3-5-19(20)13-26)24-22(11-12-27-23(16)24)29-15-18-7-9-21(25)10-8-18/h3-12H,14-15H2,1-2H3. The number of hydrogen-bond acceptors (Lipinski definition) is 3. The molecular weight excluding hydrogens is 382 g/mol. The fraction of sp³-hybridized carbons (Fsp3) is 0.167. The van der Waals surface area contributed by atoms with Crippen LogP contribution in [0.15, 0.2) is 60.8 Å². The highest BCUT2D eigenvalue weighted by Gasteiger charge is 2.17. The van der Waals surface area contributed by atoms with Crippen molar-refractivity contribution in [1.82, 2.24) is 9.55 Å². The van der Waals surface area contributed by atoms with Crippen LogP contribution in [0.25, 0.3) is 11.0 Å². The summed E-state index contributed by atoms with van der Waals surface area (Å²) in [6, 6.07) is 19.5. The van der Waals surface area contributed by atoms with Crippen molar-refractivity contribution in [2.75, 3.05) is 0 Å². The first-order valence-corrected chi connectivity index (χ1v) is 9.76. The summed E-state index contributed by atoms with van der Waals surface area (Å²) in [7, 11) is 0.